The fraction of sp³-hybridized carbons (Fsp3) is 0. The zero-order valence-corrected chi connectivity index (χ0v) is 8.08. The summed E-state index contributed by atoms with van der Waals surface area (Å²) in [5.41, 5.74) is 3.77. The molecule has 0 saturated carbocycles. The largest absolute Gasteiger partial charge is 0.473 e. The number of carboxylic acids is 2. The first kappa shape index (κ1) is 11.6. The molecule has 0 aromatic heterocycles. The van der Waals surface area contributed by atoms with E-state index in [2.05, 4.69) is 5.48 Å². The molecular weight excluding hydrogens is 214 g/mol. The molecular formula is C10H9NO5. The van der Waals surface area contributed by atoms with Crippen LogP contribution in [-0.2, 0) is 9.59 Å². The van der Waals surface area contributed by atoms with E-state index in [4.69, 9.17) is 24.6 Å². The Hall–Kier alpha value is -2.50. The molecule has 6 nitrogen and oxygen atoms in total. The van der Waals surface area contributed by atoms with Crippen molar-refractivity contribution in [3.05, 3.63) is 36.0 Å². The van der Waals surface area contributed by atoms with Gasteiger partial charge in [0.2, 0.25) is 0 Å². The molecule has 0 radical (unpaired) electrons. The van der Waals surface area contributed by atoms with Crippen LogP contribution in [0.25, 0.3) is 6.08 Å². The van der Waals surface area contributed by atoms with Gasteiger partial charge in [0, 0.05) is 11.8 Å². The number of carboxylic acid groups (broad SMARTS) is 2. The summed E-state index contributed by atoms with van der Waals surface area (Å²) in [7, 11) is 0. The molecule has 2 rings (SSSR count). The summed E-state index contributed by atoms with van der Waals surface area (Å²) in [6.45, 7) is 0. The molecule has 0 atom stereocenters. The predicted molar refractivity (Wildman–Crippen MR) is 54.5 cm³/mol. The maximum atomic E-state index is 9.10. The van der Waals surface area contributed by atoms with Crippen molar-refractivity contribution in [1.82, 2.24) is 5.48 Å². The molecule has 0 aliphatic carbocycles. The molecule has 3 N–H and O–H groups in total. The summed E-state index contributed by atoms with van der Waals surface area (Å²) in [6, 6.07) is 7.86. The average Bonchev–Trinajstić information content (AvgIpc) is 2.30. The van der Waals surface area contributed by atoms with Gasteiger partial charge < -0.3 is 15.1 Å². The minimum Gasteiger partial charge on any atom is -0.473 e. The smallest absolute Gasteiger partial charge is 0.414 e. The minimum atomic E-state index is -1.82. The Balaban J connectivity index is 0.000000187. The SMILES string of the molecule is C1=Cc2ccccc2ON1.O=C(O)C(=O)O. The molecule has 1 aliphatic heterocycles. The van der Waals surface area contributed by atoms with E-state index in [1.807, 2.05) is 30.3 Å². The molecule has 16 heavy (non-hydrogen) atoms. The summed E-state index contributed by atoms with van der Waals surface area (Å²) < 4.78 is 0. The van der Waals surface area contributed by atoms with Crippen LogP contribution in [0.2, 0.25) is 0 Å². The van der Waals surface area contributed by atoms with Gasteiger partial charge in [0.15, 0.2) is 5.75 Å². The van der Waals surface area contributed by atoms with Gasteiger partial charge in [-0.2, -0.15) is 0 Å². The number of hydroxylamine groups is 1. The number of benzene rings is 1. The first-order valence-corrected chi connectivity index (χ1v) is 4.25. The van der Waals surface area contributed by atoms with Crippen molar-refractivity contribution in [2.75, 3.05) is 0 Å². The third kappa shape index (κ3) is 3.33. The topological polar surface area (TPSA) is 95.9 Å². The van der Waals surface area contributed by atoms with Crippen molar-refractivity contribution in [1.29, 1.82) is 0 Å². The van der Waals surface area contributed by atoms with Crippen molar-refractivity contribution in [3.8, 4) is 5.75 Å². The Morgan fingerprint density at radius 1 is 1.12 bits per heavy atom. The third-order valence-corrected chi connectivity index (χ3v) is 1.60. The van der Waals surface area contributed by atoms with Gasteiger partial charge in [-0.3, -0.25) is 0 Å². The summed E-state index contributed by atoms with van der Waals surface area (Å²) in [5, 5.41) is 14.8. The van der Waals surface area contributed by atoms with Crippen LogP contribution in [0.3, 0.4) is 0 Å². The van der Waals surface area contributed by atoms with Crippen molar-refractivity contribution >= 4 is 18.0 Å². The summed E-state index contributed by atoms with van der Waals surface area (Å²) in [5.74, 6) is -2.77. The lowest BCUT2D eigenvalue weighted by Crippen LogP contribution is -2.13. The lowest BCUT2D eigenvalue weighted by Gasteiger charge is -2.11. The van der Waals surface area contributed by atoms with Crippen molar-refractivity contribution in [3.63, 3.8) is 0 Å². The van der Waals surface area contributed by atoms with E-state index in [0.29, 0.717) is 0 Å². The number of carbonyl (C=O) groups is 2. The average molecular weight is 223 g/mol. The standard InChI is InChI=1S/C8H7NO.C2H2O4/c1-2-4-8-7(3-1)5-6-9-10-8;3-1(4)2(5)6/h1-6,9H;(H,3,4)(H,5,6). The van der Waals surface area contributed by atoms with E-state index in [1.165, 1.54) is 0 Å². The van der Waals surface area contributed by atoms with Gasteiger partial charge in [-0.05, 0) is 12.1 Å². The fourth-order valence-corrected chi connectivity index (χ4v) is 0.932. The fourth-order valence-electron chi connectivity index (χ4n) is 0.932. The Kier molecular flexibility index (Phi) is 3.90. The Morgan fingerprint density at radius 2 is 1.75 bits per heavy atom. The highest BCUT2D eigenvalue weighted by molar-refractivity contribution is 6.27. The van der Waals surface area contributed by atoms with E-state index < -0.39 is 11.9 Å². The van der Waals surface area contributed by atoms with Gasteiger partial charge >= 0.3 is 11.9 Å². The Bertz CT molecular complexity index is 415. The molecule has 0 bridgehead atoms. The summed E-state index contributed by atoms with van der Waals surface area (Å²) >= 11 is 0. The Morgan fingerprint density at radius 3 is 2.31 bits per heavy atom. The molecule has 1 aromatic carbocycles. The lowest BCUT2D eigenvalue weighted by molar-refractivity contribution is -0.159. The van der Waals surface area contributed by atoms with Crippen LogP contribution in [0.5, 0.6) is 5.75 Å². The van der Waals surface area contributed by atoms with Gasteiger partial charge in [-0.25, -0.2) is 15.1 Å². The lowest BCUT2D eigenvalue weighted by atomic mass is 10.2. The zero-order valence-electron chi connectivity index (χ0n) is 8.08. The molecule has 0 amide bonds. The van der Waals surface area contributed by atoms with Gasteiger partial charge in [-0.1, -0.05) is 18.2 Å². The van der Waals surface area contributed by atoms with Crippen LogP contribution in [0, 0.1) is 0 Å². The van der Waals surface area contributed by atoms with Gasteiger partial charge in [0.1, 0.15) is 0 Å². The number of hydrogen-bond donors (Lipinski definition) is 3. The maximum Gasteiger partial charge on any atom is 0.414 e. The van der Waals surface area contributed by atoms with Crippen molar-refractivity contribution in [2.45, 2.75) is 0 Å². The maximum absolute atomic E-state index is 9.10. The number of nitrogens with one attached hydrogen (secondary N) is 1. The first-order chi connectivity index (χ1) is 7.61. The molecule has 1 aromatic rings. The molecule has 0 unspecified atom stereocenters. The monoisotopic (exact) mass is 223 g/mol. The van der Waals surface area contributed by atoms with Crippen LogP contribution in [0.1, 0.15) is 5.56 Å². The second-order valence-corrected chi connectivity index (χ2v) is 2.70. The molecule has 6 heteroatoms. The molecule has 84 valence electrons. The van der Waals surface area contributed by atoms with Crippen LogP contribution in [-0.4, -0.2) is 22.2 Å². The van der Waals surface area contributed by atoms with E-state index in [-0.39, 0.29) is 0 Å². The normalized spacial score (nSPS) is 11.0. The second-order valence-electron chi connectivity index (χ2n) is 2.70. The van der Waals surface area contributed by atoms with E-state index in [9.17, 15) is 0 Å². The van der Waals surface area contributed by atoms with Crippen molar-refractivity contribution < 1.29 is 24.6 Å². The Labute approximate surface area is 90.7 Å². The molecule has 0 fully saturated rings. The zero-order chi connectivity index (χ0) is 12.0. The number of rotatable bonds is 0. The number of para-hydroxylation sites is 1. The molecule has 0 saturated heterocycles. The van der Waals surface area contributed by atoms with Gasteiger partial charge in [0.25, 0.3) is 0 Å². The van der Waals surface area contributed by atoms with E-state index in [0.717, 1.165) is 11.3 Å². The van der Waals surface area contributed by atoms with E-state index in [1.54, 1.807) is 6.20 Å². The number of fused-ring (bicyclic) bond motifs is 1. The molecule has 0 spiro atoms. The summed E-state index contributed by atoms with van der Waals surface area (Å²) in [4.78, 5) is 23.3. The number of hydrogen-bond acceptors (Lipinski definition) is 4. The van der Waals surface area contributed by atoms with Crippen LogP contribution in [0.15, 0.2) is 30.5 Å². The predicted octanol–water partition coefficient (Wildman–Crippen LogP) is 0.710. The highest BCUT2D eigenvalue weighted by atomic mass is 16.6. The summed E-state index contributed by atoms with van der Waals surface area (Å²) in [6.07, 6.45) is 3.74. The second kappa shape index (κ2) is 5.40. The van der Waals surface area contributed by atoms with Crippen LogP contribution >= 0.6 is 0 Å². The van der Waals surface area contributed by atoms with Gasteiger partial charge in [0.05, 0.1) is 0 Å². The molecule has 1 heterocycles. The molecule has 1 aliphatic rings. The quantitative estimate of drug-likeness (QED) is 0.560. The van der Waals surface area contributed by atoms with Gasteiger partial charge in [-0.15, -0.1) is 0 Å². The highest BCUT2D eigenvalue weighted by Crippen LogP contribution is 2.20. The van der Waals surface area contributed by atoms with Crippen molar-refractivity contribution in [2.24, 2.45) is 0 Å². The highest BCUT2D eigenvalue weighted by Gasteiger charge is 2.04. The van der Waals surface area contributed by atoms with E-state index >= 15 is 0 Å². The first-order valence-electron chi connectivity index (χ1n) is 4.25. The minimum absolute atomic E-state index is 0.880. The third-order valence-electron chi connectivity index (χ3n) is 1.60. The van der Waals surface area contributed by atoms with Crippen LogP contribution in [0.4, 0.5) is 0 Å². The number of aliphatic carboxylic acids is 2. The van der Waals surface area contributed by atoms with Crippen LogP contribution < -0.4 is 10.3 Å².